The van der Waals surface area contributed by atoms with Crippen molar-refractivity contribution in [2.24, 2.45) is 4.99 Å². The molecule has 92 valence electrons. The molecule has 2 aliphatic heterocycles. The highest BCUT2D eigenvalue weighted by atomic mass is 16.7. The molecule has 0 spiro atoms. The third-order valence-corrected chi connectivity index (χ3v) is 3.48. The van der Waals surface area contributed by atoms with E-state index in [9.17, 15) is 0 Å². The molecule has 2 aliphatic rings. The van der Waals surface area contributed by atoms with E-state index in [1.165, 1.54) is 5.56 Å². The van der Waals surface area contributed by atoms with Crippen molar-refractivity contribution in [3.05, 3.63) is 66.3 Å². The molecule has 0 amide bonds. The van der Waals surface area contributed by atoms with Crippen molar-refractivity contribution in [3.8, 4) is 5.75 Å². The van der Waals surface area contributed by atoms with E-state index in [1.54, 1.807) is 12.4 Å². The van der Waals surface area contributed by atoms with Crippen LogP contribution in [0.25, 0.3) is 0 Å². The summed E-state index contributed by atoms with van der Waals surface area (Å²) in [5, 5.41) is 0. The monoisotopic (exact) mass is 250 g/mol. The number of aliphatic imine (C=N–C) groups is 1. The topological polar surface area (TPSA) is 34.5 Å². The predicted octanol–water partition coefficient (Wildman–Crippen LogP) is 2.82. The van der Waals surface area contributed by atoms with Gasteiger partial charge >= 0.3 is 0 Å². The zero-order valence-corrected chi connectivity index (χ0v) is 10.2. The molecular weight excluding hydrogens is 238 g/mol. The van der Waals surface area contributed by atoms with Crippen LogP contribution in [0.15, 0.2) is 65.7 Å². The molecule has 1 unspecified atom stereocenters. The fourth-order valence-electron chi connectivity index (χ4n) is 2.63. The van der Waals surface area contributed by atoms with Crippen molar-refractivity contribution in [1.29, 1.82) is 0 Å². The minimum absolute atomic E-state index is 0.238. The van der Waals surface area contributed by atoms with E-state index in [-0.39, 0.29) is 4.65 Å². The van der Waals surface area contributed by atoms with Gasteiger partial charge in [-0.2, -0.15) is 0 Å². The quantitative estimate of drug-likeness (QED) is 0.768. The van der Waals surface area contributed by atoms with Gasteiger partial charge in [-0.3, -0.25) is 9.82 Å². The van der Waals surface area contributed by atoms with E-state index in [0.29, 0.717) is 0 Å². The van der Waals surface area contributed by atoms with Crippen LogP contribution in [-0.2, 0) is 6.42 Å². The lowest BCUT2D eigenvalue weighted by molar-refractivity contribution is 0.0756. The highest BCUT2D eigenvalue weighted by molar-refractivity contribution is 5.83. The number of pyridine rings is 1. The average Bonchev–Trinajstić information content (AvgIpc) is 2.96. The minimum Gasteiger partial charge on any atom is -0.297 e. The van der Waals surface area contributed by atoms with Gasteiger partial charge in [0.1, 0.15) is 0 Å². The van der Waals surface area contributed by atoms with E-state index < -0.39 is 0 Å². The molecule has 1 atom stereocenters. The Hall–Kier alpha value is -2.46. The zero-order valence-electron chi connectivity index (χ0n) is 10.2. The Morgan fingerprint density at radius 3 is 2.95 bits per heavy atom. The Morgan fingerprint density at radius 1 is 1.11 bits per heavy atom. The largest absolute Gasteiger partial charge is 0.297 e. The second-order valence-electron chi connectivity index (χ2n) is 4.63. The van der Waals surface area contributed by atoms with E-state index in [2.05, 4.69) is 28.2 Å². The van der Waals surface area contributed by atoms with Crippen molar-refractivity contribution < 1.29 is 4.84 Å². The van der Waals surface area contributed by atoms with Crippen LogP contribution in [0.1, 0.15) is 5.56 Å². The van der Waals surface area contributed by atoms with Crippen molar-refractivity contribution in [2.45, 2.75) is 6.42 Å². The Balaban J connectivity index is 1.84. The maximum absolute atomic E-state index is 6.17. The van der Waals surface area contributed by atoms with Gasteiger partial charge in [-0.1, -0.05) is 18.2 Å². The van der Waals surface area contributed by atoms with Crippen LogP contribution >= 0.6 is 0 Å². The van der Waals surface area contributed by atoms with Gasteiger partial charge in [0.2, 0.25) is 12.1 Å². The van der Waals surface area contributed by atoms with E-state index in [4.69, 9.17) is 4.84 Å². The summed E-state index contributed by atoms with van der Waals surface area (Å²) in [4.78, 5) is 14.5. The van der Waals surface area contributed by atoms with Gasteiger partial charge in [0.25, 0.3) is 0 Å². The summed E-state index contributed by atoms with van der Waals surface area (Å²) in [5.74, 6) is 0.735. The first-order valence-corrected chi connectivity index (χ1v) is 6.19. The Labute approximate surface area is 110 Å². The van der Waals surface area contributed by atoms with Crippen molar-refractivity contribution in [2.75, 3.05) is 0 Å². The van der Waals surface area contributed by atoms with Crippen LogP contribution in [-0.4, -0.2) is 11.3 Å². The first-order chi connectivity index (χ1) is 9.38. The number of allylic oxidation sites excluding steroid dienone is 1. The van der Waals surface area contributed by atoms with Gasteiger partial charge in [-0.25, -0.2) is 4.99 Å². The van der Waals surface area contributed by atoms with Gasteiger partial charge in [0, 0.05) is 17.8 Å². The SMILES string of the molecule is C1=NC=C2Cc3ccccc3[N+]12Oc1cccnc1. The molecule has 0 aliphatic carbocycles. The molecule has 3 heterocycles. The van der Waals surface area contributed by atoms with Gasteiger partial charge in [-0.15, -0.1) is 0 Å². The van der Waals surface area contributed by atoms with Crippen molar-refractivity contribution >= 4 is 12.0 Å². The van der Waals surface area contributed by atoms with Crippen LogP contribution in [0.2, 0.25) is 0 Å². The highest BCUT2D eigenvalue weighted by Crippen LogP contribution is 2.42. The molecule has 4 nitrogen and oxygen atoms in total. The number of fused-ring (bicyclic) bond motifs is 3. The van der Waals surface area contributed by atoms with E-state index in [0.717, 1.165) is 23.6 Å². The number of para-hydroxylation sites is 1. The highest BCUT2D eigenvalue weighted by Gasteiger charge is 2.48. The molecule has 0 saturated carbocycles. The summed E-state index contributed by atoms with van der Waals surface area (Å²) in [5.41, 5.74) is 3.53. The standard InChI is InChI=1S/C15H12N3O/c1-2-6-15-12(4-1)8-13-9-17-11-18(13,15)19-14-5-3-7-16-10-14/h1-7,9-11H,8H2/q+1. The van der Waals surface area contributed by atoms with Crippen LogP contribution in [0, 0.1) is 0 Å². The predicted molar refractivity (Wildman–Crippen MR) is 73.4 cm³/mol. The second-order valence-corrected chi connectivity index (χ2v) is 4.63. The molecule has 4 rings (SSSR count). The maximum Gasteiger partial charge on any atom is 0.243 e. The Kier molecular flexibility index (Phi) is 2.07. The summed E-state index contributed by atoms with van der Waals surface area (Å²) < 4.78 is 0.238. The first kappa shape index (κ1) is 10.5. The second kappa shape index (κ2) is 3.76. The molecule has 1 aromatic carbocycles. The van der Waals surface area contributed by atoms with Crippen LogP contribution in [0.4, 0.5) is 5.69 Å². The minimum atomic E-state index is 0.238. The fraction of sp³-hybridized carbons (Fsp3) is 0.0667. The number of aromatic nitrogens is 1. The van der Waals surface area contributed by atoms with Gasteiger partial charge < -0.3 is 0 Å². The zero-order chi connectivity index (χ0) is 12.7. The van der Waals surface area contributed by atoms with Crippen molar-refractivity contribution in [3.63, 3.8) is 0 Å². The van der Waals surface area contributed by atoms with Crippen molar-refractivity contribution in [1.82, 2.24) is 9.63 Å². The number of hydroxylamine groups is 2. The van der Waals surface area contributed by atoms with Crippen LogP contribution < -0.4 is 9.48 Å². The maximum atomic E-state index is 6.17. The molecule has 0 N–H and O–H groups in total. The fourth-order valence-corrected chi connectivity index (χ4v) is 2.63. The number of quaternary nitrogens is 1. The van der Waals surface area contributed by atoms with Crippen LogP contribution in [0.5, 0.6) is 5.75 Å². The lowest BCUT2D eigenvalue weighted by atomic mass is 10.1. The van der Waals surface area contributed by atoms with Gasteiger partial charge in [0.05, 0.1) is 18.8 Å². The molecular formula is C15H12N3O+. The van der Waals surface area contributed by atoms with Gasteiger partial charge in [-0.05, 0) is 16.8 Å². The summed E-state index contributed by atoms with van der Waals surface area (Å²) in [7, 11) is 0. The molecule has 2 aromatic rings. The van der Waals surface area contributed by atoms with Gasteiger partial charge in [0.15, 0.2) is 11.4 Å². The smallest absolute Gasteiger partial charge is 0.243 e. The summed E-state index contributed by atoms with van der Waals surface area (Å²) >= 11 is 0. The number of benzene rings is 1. The molecule has 1 aromatic heterocycles. The number of hydrogen-bond donors (Lipinski definition) is 0. The van der Waals surface area contributed by atoms with E-state index >= 15 is 0 Å². The van der Waals surface area contributed by atoms with E-state index in [1.807, 2.05) is 30.7 Å². The number of rotatable bonds is 2. The average molecular weight is 250 g/mol. The third kappa shape index (κ3) is 1.44. The lowest BCUT2D eigenvalue weighted by Gasteiger charge is -2.24. The lowest BCUT2D eigenvalue weighted by Crippen LogP contribution is -2.46. The molecule has 0 saturated heterocycles. The normalized spacial score (nSPS) is 22.8. The molecule has 0 radical (unpaired) electrons. The molecule has 0 fully saturated rings. The first-order valence-electron chi connectivity index (χ1n) is 6.19. The summed E-state index contributed by atoms with van der Waals surface area (Å²) in [6, 6.07) is 12.1. The molecule has 0 bridgehead atoms. The Bertz CT molecular complexity index is 694. The van der Waals surface area contributed by atoms with Crippen LogP contribution in [0.3, 0.4) is 0 Å². The summed E-state index contributed by atoms with van der Waals surface area (Å²) in [6.45, 7) is 0. The Morgan fingerprint density at radius 2 is 2.05 bits per heavy atom. The summed E-state index contributed by atoms with van der Waals surface area (Å²) in [6.07, 6.45) is 8.04. The third-order valence-electron chi connectivity index (χ3n) is 3.48. The molecule has 4 heteroatoms. The number of hydrogen-bond acceptors (Lipinski definition) is 3. The number of nitrogens with zero attached hydrogens (tertiary/aromatic N) is 3. The molecule has 19 heavy (non-hydrogen) atoms.